The largest absolute Gasteiger partial charge is 0.494 e. The van der Waals surface area contributed by atoms with E-state index in [4.69, 9.17) is 37.7 Å². The minimum Gasteiger partial charge on any atom is -0.494 e. The molecule has 46 heavy (non-hydrogen) atoms. The van der Waals surface area contributed by atoms with Crippen molar-refractivity contribution in [3.63, 3.8) is 0 Å². The number of carbonyl (C=O) groups excluding carboxylic acids is 1. The number of benzene rings is 4. The molecule has 5 aromatic rings. The number of fused-ring (bicyclic) bond motifs is 1. The van der Waals surface area contributed by atoms with Crippen molar-refractivity contribution in [3.8, 4) is 11.5 Å². The number of hydrogen-bond acceptors (Lipinski definition) is 6. The molecule has 232 valence electrons. The van der Waals surface area contributed by atoms with E-state index in [1.165, 1.54) is 11.3 Å². The van der Waals surface area contributed by atoms with Crippen LogP contribution in [0.2, 0.25) is 10.0 Å². The Hall–Kier alpha value is -4.63. The quantitative estimate of drug-likeness (QED) is 0.181. The van der Waals surface area contributed by atoms with E-state index in [-0.39, 0.29) is 18.1 Å². The summed E-state index contributed by atoms with van der Waals surface area (Å²) in [6, 6.07) is 28.6. The molecule has 0 spiro atoms. The van der Waals surface area contributed by atoms with E-state index in [0.29, 0.717) is 60.0 Å². The van der Waals surface area contributed by atoms with Crippen LogP contribution in [0.3, 0.4) is 0 Å². The Morgan fingerprint density at radius 2 is 1.72 bits per heavy atom. The predicted octanol–water partition coefficient (Wildman–Crippen LogP) is 7.16. The molecule has 0 bridgehead atoms. The van der Waals surface area contributed by atoms with Crippen molar-refractivity contribution in [1.82, 2.24) is 4.57 Å². The Labute approximate surface area is 279 Å². The lowest BCUT2D eigenvalue weighted by atomic mass is 9.95. The number of carbonyl (C=O) groups is 1. The number of nitrogens with zero attached hydrogens (tertiary/aromatic N) is 2. The van der Waals surface area contributed by atoms with Crippen LogP contribution in [-0.2, 0) is 11.4 Å². The van der Waals surface area contributed by atoms with Crippen LogP contribution in [0, 0.1) is 0 Å². The Kier molecular flexibility index (Phi) is 9.40. The molecule has 6 rings (SSSR count). The number of rotatable bonds is 9. The zero-order valence-corrected chi connectivity index (χ0v) is 27.3. The van der Waals surface area contributed by atoms with Crippen molar-refractivity contribution < 1.29 is 14.3 Å². The minimum atomic E-state index is -0.726. The van der Waals surface area contributed by atoms with E-state index in [9.17, 15) is 9.59 Å². The van der Waals surface area contributed by atoms with Crippen molar-refractivity contribution in [1.29, 1.82) is 0 Å². The lowest BCUT2D eigenvalue weighted by Crippen LogP contribution is -2.40. The fourth-order valence-electron chi connectivity index (χ4n) is 5.25. The molecule has 0 aliphatic carbocycles. The molecule has 0 fully saturated rings. The normalized spacial score (nSPS) is 14.4. The van der Waals surface area contributed by atoms with Crippen LogP contribution >= 0.6 is 34.5 Å². The average Bonchev–Trinajstić information content (AvgIpc) is 3.34. The molecule has 10 heteroatoms. The van der Waals surface area contributed by atoms with Gasteiger partial charge in [0.25, 0.3) is 11.5 Å². The summed E-state index contributed by atoms with van der Waals surface area (Å²) >= 11 is 13.8. The highest BCUT2D eigenvalue weighted by Crippen LogP contribution is 2.32. The summed E-state index contributed by atoms with van der Waals surface area (Å²) in [6.45, 7) is 4.50. The SMILES string of the molecule is CCOc1ccc([C@@H]2C(C(=O)Nc3ccccc3)=C(C)N=c3s/c(=C\c4cc(Cl)ccc4OCc4cccc(Cl)c4)c(=O)n32)cc1. The zero-order chi connectivity index (χ0) is 32.2. The van der Waals surface area contributed by atoms with Gasteiger partial charge in [-0.25, -0.2) is 4.99 Å². The first kappa shape index (κ1) is 31.4. The number of anilines is 1. The van der Waals surface area contributed by atoms with Crippen LogP contribution in [0.1, 0.15) is 36.6 Å². The van der Waals surface area contributed by atoms with Gasteiger partial charge in [-0.05, 0) is 85.6 Å². The Bertz CT molecular complexity index is 2120. The first-order valence-corrected chi connectivity index (χ1v) is 16.2. The van der Waals surface area contributed by atoms with Gasteiger partial charge < -0.3 is 14.8 Å². The van der Waals surface area contributed by atoms with Crippen molar-refractivity contribution in [3.05, 3.63) is 155 Å². The summed E-state index contributed by atoms with van der Waals surface area (Å²) < 4.78 is 13.8. The summed E-state index contributed by atoms with van der Waals surface area (Å²) in [5.41, 5.74) is 3.53. The topological polar surface area (TPSA) is 81.9 Å². The van der Waals surface area contributed by atoms with Gasteiger partial charge in [0.2, 0.25) is 0 Å². The molecule has 0 unspecified atom stereocenters. The Morgan fingerprint density at radius 1 is 0.957 bits per heavy atom. The van der Waals surface area contributed by atoms with Crippen LogP contribution in [0.5, 0.6) is 11.5 Å². The second kappa shape index (κ2) is 13.8. The number of hydrogen-bond donors (Lipinski definition) is 1. The lowest BCUT2D eigenvalue weighted by molar-refractivity contribution is -0.113. The van der Waals surface area contributed by atoms with Crippen LogP contribution < -0.4 is 29.7 Å². The van der Waals surface area contributed by atoms with Gasteiger partial charge in [-0.1, -0.05) is 77.0 Å². The summed E-state index contributed by atoms with van der Waals surface area (Å²) in [5, 5.41) is 4.09. The number of amides is 1. The van der Waals surface area contributed by atoms with Crippen LogP contribution in [0.15, 0.2) is 118 Å². The number of nitrogens with one attached hydrogen (secondary N) is 1. The number of halogens is 2. The number of ether oxygens (including phenoxy) is 2. The van der Waals surface area contributed by atoms with Gasteiger partial charge in [0.05, 0.1) is 28.5 Å². The molecular weight excluding hydrogens is 641 g/mol. The minimum absolute atomic E-state index is 0.279. The van der Waals surface area contributed by atoms with Gasteiger partial charge in [-0.3, -0.25) is 14.2 Å². The third-order valence-corrected chi connectivity index (χ3v) is 8.80. The van der Waals surface area contributed by atoms with E-state index >= 15 is 0 Å². The van der Waals surface area contributed by atoms with Crippen molar-refractivity contribution in [2.45, 2.75) is 26.5 Å². The van der Waals surface area contributed by atoms with Crippen molar-refractivity contribution in [2.24, 2.45) is 4.99 Å². The summed E-state index contributed by atoms with van der Waals surface area (Å²) in [6.07, 6.45) is 1.75. The molecule has 4 aromatic carbocycles. The molecule has 2 heterocycles. The van der Waals surface area contributed by atoms with E-state index in [2.05, 4.69) is 5.32 Å². The lowest BCUT2D eigenvalue weighted by Gasteiger charge is -2.25. The van der Waals surface area contributed by atoms with Crippen molar-refractivity contribution in [2.75, 3.05) is 11.9 Å². The Morgan fingerprint density at radius 3 is 2.46 bits per heavy atom. The number of aromatic nitrogens is 1. The third kappa shape index (κ3) is 6.79. The maximum atomic E-state index is 14.2. The summed E-state index contributed by atoms with van der Waals surface area (Å²) in [7, 11) is 0. The van der Waals surface area contributed by atoms with Gasteiger partial charge >= 0.3 is 0 Å². The van der Waals surface area contributed by atoms with E-state index in [1.54, 1.807) is 41.8 Å². The molecule has 1 atom stereocenters. The monoisotopic (exact) mass is 669 g/mol. The molecule has 7 nitrogen and oxygen atoms in total. The second-order valence-electron chi connectivity index (χ2n) is 10.5. The summed E-state index contributed by atoms with van der Waals surface area (Å²) in [4.78, 5) is 33.3. The maximum absolute atomic E-state index is 14.2. The Balaban J connectivity index is 1.44. The molecule has 0 saturated carbocycles. The molecule has 0 radical (unpaired) electrons. The maximum Gasteiger partial charge on any atom is 0.271 e. The molecule has 1 aliphatic rings. The zero-order valence-electron chi connectivity index (χ0n) is 25.0. The van der Waals surface area contributed by atoms with Gasteiger partial charge in [-0.2, -0.15) is 0 Å². The molecule has 1 amide bonds. The van der Waals surface area contributed by atoms with Gasteiger partial charge in [-0.15, -0.1) is 0 Å². The average molecular weight is 671 g/mol. The van der Waals surface area contributed by atoms with Crippen LogP contribution in [-0.4, -0.2) is 17.1 Å². The molecular formula is C36H29Cl2N3O4S. The standard InChI is InChI=1S/C36H29Cl2N3O4S/c1-3-44-29-15-12-24(13-16-29)33-32(34(42)40-28-10-5-4-6-11-28)22(2)39-36-41(33)35(43)31(46-36)20-25-19-27(38)14-17-30(25)45-21-23-8-7-9-26(37)18-23/h4-20,33H,3,21H2,1-2H3,(H,40,42)/b31-20-/t33-/m1/s1. The highest BCUT2D eigenvalue weighted by atomic mass is 35.5. The smallest absolute Gasteiger partial charge is 0.271 e. The van der Waals surface area contributed by atoms with E-state index in [0.717, 1.165) is 11.1 Å². The molecule has 1 aromatic heterocycles. The van der Waals surface area contributed by atoms with Crippen molar-refractivity contribution >= 4 is 52.2 Å². The predicted molar refractivity (Wildman–Crippen MR) is 184 cm³/mol. The first-order valence-electron chi connectivity index (χ1n) is 14.6. The molecule has 1 aliphatic heterocycles. The van der Waals surface area contributed by atoms with Gasteiger partial charge in [0.1, 0.15) is 18.1 Å². The van der Waals surface area contributed by atoms with Gasteiger partial charge in [0.15, 0.2) is 4.80 Å². The van der Waals surface area contributed by atoms with E-state index in [1.807, 2.05) is 79.7 Å². The number of allylic oxidation sites excluding steroid dienone is 1. The highest BCUT2D eigenvalue weighted by molar-refractivity contribution is 7.07. The highest BCUT2D eigenvalue weighted by Gasteiger charge is 2.32. The molecule has 1 N–H and O–H groups in total. The van der Waals surface area contributed by atoms with Gasteiger partial charge in [0, 0.05) is 21.3 Å². The fraction of sp³-hybridized carbons (Fsp3) is 0.139. The fourth-order valence-corrected chi connectivity index (χ4v) is 6.68. The summed E-state index contributed by atoms with van der Waals surface area (Å²) in [5.74, 6) is 0.908. The van der Waals surface area contributed by atoms with E-state index < -0.39 is 6.04 Å². The number of para-hydroxylation sites is 1. The first-order chi connectivity index (χ1) is 22.3. The third-order valence-electron chi connectivity index (χ3n) is 7.35. The van der Waals surface area contributed by atoms with Crippen LogP contribution in [0.4, 0.5) is 5.69 Å². The van der Waals surface area contributed by atoms with Crippen LogP contribution in [0.25, 0.3) is 6.08 Å². The number of thiazole rings is 1. The second-order valence-corrected chi connectivity index (χ2v) is 12.4. The molecule has 0 saturated heterocycles.